The molecule has 4 heteroatoms. The van der Waals surface area contributed by atoms with E-state index in [2.05, 4.69) is 53.3 Å². The number of hydrogen-bond acceptors (Lipinski definition) is 3. The summed E-state index contributed by atoms with van der Waals surface area (Å²) in [7, 11) is 0. The van der Waals surface area contributed by atoms with E-state index in [1.807, 2.05) is 5.92 Å². The molecule has 12 aliphatic carbocycles. The molecule has 10 fully saturated rings. The molecule has 0 saturated heterocycles. The molecule has 1 N–H and O–H groups in total. The number of carbonyl (C=O) groups is 2. The van der Waals surface area contributed by atoms with Crippen LogP contribution >= 0.6 is 0 Å². The van der Waals surface area contributed by atoms with Crippen LogP contribution in [0.3, 0.4) is 0 Å². The highest BCUT2D eigenvalue weighted by molar-refractivity contribution is 5.66. The highest BCUT2D eigenvalue weighted by atomic mass is 16.6. The molecule has 0 radical (unpaired) electrons. The number of ether oxygens (including phenoxy) is 1. The maximum absolute atomic E-state index is 11.2. The van der Waals surface area contributed by atoms with Crippen LogP contribution in [0.1, 0.15) is 353 Å². The zero-order valence-corrected chi connectivity index (χ0v) is 50.1. The van der Waals surface area contributed by atoms with Gasteiger partial charge < -0.3 is 9.84 Å². The van der Waals surface area contributed by atoms with Gasteiger partial charge in [0.2, 0.25) is 0 Å². The Morgan fingerprint density at radius 2 is 0.987 bits per heavy atom. The second kappa shape index (κ2) is 30.0. The summed E-state index contributed by atoms with van der Waals surface area (Å²) in [5.74, 6) is 2.01. The fourth-order valence-corrected chi connectivity index (χ4v) is 18.4. The molecule has 430 valence electrons. The summed E-state index contributed by atoms with van der Waals surface area (Å²) in [6, 6.07) is 0. The lowest BCUT2D eigenvalue weighted by Gasteiger charge is -2.49. The van der Waals surface area contributed by atoms with Gasteiger partial charge in [0.05, 0.1) is 18.8 Å². The Bertz CT molecular complexity index is 1770. The number of allylic oxidation sites excluding steroid dienone is 5. The molecule has 0 aromatic heterocycles. The van der Waals surface area contributed by atoms with Crippen LogP contribution in [-0.2, 0) is 14.3 Å². The van der Waals surface area contributed by atoms with Crippen molar-refractivity contribution < 1.29 is 20.9 Å². The van der Waals surface area contributed by atoms with E-state index >= 15 is 0 Å². The third-order valence-corrected chi connectivity index (χ3v) is 23.5. The lowest BCUT2D eigenvalue weighted by molar-refractivity contribution is -0.179. The van der Waals surface area contributed by atoms with Gasteiger partial charge in [0.15, 0.2) is 0 Å². The number of carboxylic acids is 1. The van der Waals surface area contributed by atoms with Crippen LogP contribution in [0.15, 0.2) is 35.5 Å². The van der Waals surface area contributed by atoms with Crippen LogP contribution in [0.4, 0.5) is 0 Å². The molecular formula is C71H124O4+2. The summed E-state index contributed by atoms with van der Waals surface area (Å²) in [6.45, 7) is 18.9. The second-order valence-corrected chi connectivity index (χ2v) is 28.3. The van der Waals surface area contributed by atoms with Crippen LogP contribution in [-0.4, -0.2) is 22.6 Å². The smallest absolute Gasteiger partial charge is 0.481 e. The summed E-state index contributed by atoms with van der Waals surface area (Å²) >= 11 is 0. The van der Waals surface area contributed by atoms with E-state index in [0.29, 0.717) is 27.1 Å². The van der Waals surface area contributed by atoms with Gasteiger partial charge >= 0.3 is 7.40 Å². The number of carbonyl (C=O) groups excluding carboxylic acids is 1. The van der Waals surface area contributed by atoms with Gasteiger partial charge in [-0.15, -0.1) is 0 Å². The maximum Gasteiger partial charge on any atom is 1.00 e. The molecule has 0 aliphatic heterocycles. The van der Waals surface area contributed by atoms with Crippen molar-refractivity contribution in [3.8, 4) is 0 Å². The van der Waals surface area contributed by atoms with E-state index in [4.69, 9.17) is 14.6 Å². The largest absolute Gasteiger partial charge is 1.00 e. The molecule has 4 nitrogen and oxygen atoms in total. The monoisotopic (exact) mass is 1040 g/mol. The molecule has 4 spiro atoms. The Hall–Kier alpha value is -1.97. The zero-order valence-electron chi connectivity index (χ0n) is 51.1. The van der Waals surface area contributed by atoms with Gasteiger partial charge in [-0.05, 0) is 241 Å². The maximum atomic E-state index is 11.2. The first-order valence-electron chi connectivity index (χ1n) is 32.7. The van der Waals surface area contributed by atoms with Crippen LogP contribution in [0.25, 0.3) is 0 Å². The van der Waals surface area contributed by atoms with Gasteiger partial charge in [-0.2, -0.15) is 0 Å². The quantitative estimate of drug-likeness (QED) is 0.161. The van der Waals surface area contributed by atoms with Crippen molar-refractivity contribution >= 4 is 11.9 Å². The number of hydrogen-bond donors (Lipinski definition) is 1. The Morgan fingerprint density at radius 3 is 1.51 bits per heavy atom. The third-order valence-electron chi connectivity index (χ3n) is 23.5. The number of fused-ring (bicyclic) bond motifs is 2. The van der Waals surface area contributed by atoms with Crippen LogP contribution < -0.4 is 0 Å². The predicted octanol–water partition coefficient (Wildman–Crippen LogP) is 22.8. The molecule has 0 bridgehead atoms. The molecule has 12 rings (SSSR count). The minimum absolute atomic E-state index is 0. The molecule has 0 aromatic carbocycles. The minimum atomic E-state index is -0.833. The number of esters is 1. The summed E-state index contributed by atoms with van der Waals surface area (Å²) < 4.78 is 5.68. The van der Waals surface area contributed by atoms with Crippen molar-refractivity contribution in [1.82, 2.24) is 0 Å². The Labute approximate surface area is 467 Å². The molecule has 0 aromatic rings. The molecule has 3 atom stereocenters. The lowest BCUT2D eigenvalue weighted by atomic mass is 9.61. The van der Waals surface area contributed by atoms with Crippen molar-refractivity contribution in [2.45, 2.75) is 357 Å². The van der Waals surface area contributed by atoms with E-state index < -0.39 is 5.97 Å². The van der Waals surface area contributed by atoms with Crippen molar-refractivity contribution in [2.75, 3.05) is 0 Å². The Balaban J connectivity index is 0.000000194. The van der Waals surface area contributed by atoms with Gasteiger partial charge in [0, 0.05) is 19.3 Å². The van der Waals surface area contributed by atoms with E-state index in [0.717, 1.165) is 24.7 Å². The van der Waals surface area contributed by atoms with Crippen LogP contribution in [0.2, 0.25) is 0 Å². The van der Waals surface area contributed by atoms with Gasteiger partial charge in [0.1, 0.15) is 11.0 Å². The molecule has 0 heterocycles. The standard InChI is InChI=1S/C13H22O2.C11H19.C11H18.C11H20.2C11H18.C2H4O2.CH4/c1-11(14)15-12(2)7-3-4-8-13(12)9-5-6-10-13;2*1-11-8-4-2-6-10(11)7-3-5-9-11;3*1-10-6-2-3-7-11(10)8-4-5-9-11;1-2(3)4;/h3-10H2,1-2H3;2-9H2,1H3;6H,2-5,7-9H2,1H3;10H,2-9H2,1H3;6H,2-5,7-9H2,1H3;1-9H2;1H3,(H,3,4);1H4/q;+1;;;;;;/p+1. The number of carboxylic acid groups (broad SMARTS) is 1. The fraction of sp³-hybridized carbons (Fsp3) is 0.873. The normalized spacial score (nSPS) is 31.0. The molecule has 3 unspecified atom stereocenters. The topological polar surface area (TPSA) is 63.6 Å². The van der Waals surface area contributed by atoms with Gasteiger partial charge in [0.25, 0.3) is 5.97 Å². The summed E-state index contributed by atoms with van der Waals surface area (Å²) in [4.78, 5) is 20.2. The van der Waals surface area contributed by atoms with Gasteiger partial charge in [-0.3, -0.25) is 9.59 Å². The minimum Gasteiger partial charge on any atom is -0.481 e. The highest BCUT2D eigenvalue weighted by Gasteiger charge is 2.53. The summed E-state index contributed by atoms with van der Waals surface area (Å²) in [6.07, 6.45) is 70.7. The summed E-state index contributed by atoms with van der Waals surface area (Å²) in [5, 5.41) is 7.42. The van der Waals surface area contributed by atoms with Crippen molar-refractivity contribution in [1.29, 1.82) is 0 Å². The third kappa shape index (κ3) is 17.3. The van der Waals surface area contributed by atoms with Gasteiger partial charge in [-0.25, -0.2) is 0 Å². The first-order chi connectivity index (χ1) is 35.4. The summed E-state index contributed by atoms with van der Waals surface area (Å²) in [5.41, 5.74) is 8.71. The first-order valence-corrected chi connectivity index (χ1v) is 32.7. The van der Waals surface area contributed by atoms with E-state index in [1.54, 1.807) is 42.9 Å². The van der Waals surface area contributed by atoms with Crippen LogP contribution in [0.5, 0.6) is 0 Å². The fourth-order valence-electron chi connectivity index (χ4n) is 18.4. The average molecular weight is 1040 g/mol. The van der Waals surface area contributed by atoms with Crippen LogP contribution in [0, 0.1) is 44.3 Å². The Kier molecular flexibility index (Phi) is 25.6. The second-order valence-electron chi connectivity index (χ2n) is 28.3. The Morgan fingerprint density at radius 1 is 0.560 bits per heavy atom. The molecule has 75 heavy (non-hydrogen) atoms. The van der Waals surface area contributed by atoms with Crippen molar-refractivity contribution in [2.24, 2.45) is 38.4 Å². The first kappa shape index (κ1) is 63.9. The van der Waals surface area contributed by atoms with E-state index in [1.165, 1.54) is 270 Å². The lowest BCUT2D eigenvalue weighted by Crippen LogP contribution is -2.49. The van der Waals surface area contributed by atoms with Gasteiger partial charge in [-0.1, -0.05) is 147 Å². The number of aliphatic carboxylic acids is 1. The van der Waals surface area contributed by atoms with E-state index in [-0.39, 0.29) is 20.4 Å². The predicted molar refractivity (Wildman–Crippen MR) is 323 cm³/mol. The molecule has 12 aliphatic rings. The zero-order chi connectivity index (χ0) is 53.2. The highest BCUT2D eigenvalue weighted by Crippen LogP contribution is 2.57. The molecule has 0 amide bonds. The molecule has 10 saturated carbocycles. The van der Waals surface area contributed by atoms with Crippen molar-refractivity contribution in [3.63, 3.8) is 0 Å². The van der Waals surface area contributed by atoms with E-state index in [9.17, 15) is 4.79 Å². The SMILES string of the molecule is C.C=C1CCCCC12CCCC2.CC(=O)O.CC(=O)OC1(C)CCCCC12CCCC2.CC12CCCC=C1CCCC2.CC12CCCC[C+]1CCCC2.CC1=CCCCC12CCCC2.CC1CCCCC12CCCC2.[H+]. The molecular weight excluding hydrogens is 917 g/mol. The van der Waals surface area contributed by atoms with Crippen molar-refractivity contribution in [3.05, 3.63) is 41.4 Å². The number of rotatable bonds is 1. The average Bonchev–Trinajstić information content (AvgIpc) is 4.24.